The molecule has 1 atom stereocenters. The average molecular weight is 390 g/mol. The molecule has 112 valence electrons. The van der Waals surface area contributed by atoms with Crippen molar-refractivity contribution in [2.45, 2.75) is 11.0 Å². The van der Waals surface area contributed by atoms with Crippen LogP contribution >= 0.6 is 34.8 Å². The minimum absolute atomic E-state index is 0. The molecule has 0 aliphatic carbocycles. The van der Waals surface area contributed by atoms with Crippen LogP contribution in [0.4, 0.5) is 0 Å². The van der Waals surface area contributed by atoms with E-state index in [0.29, 0.717) is 11.1 Å². The molecule has 22 heavy (non-hydrogen) atoms. The number of hydrogen-bond acceptors (Lipinski definition) is 4. The van der Waals surface area contributed by atoms with Crippen LogP contribution in [0.15, 0.2) is 41.3 Å². The quantitative estimate of drug-likeness (QED) is 0.475. The number of aliphatic hydroxyl groups excluding tert-OH is 1. The Morgan fingerprint density at radius 2 is 1.45 bits per heavy atom. The van der Waals surface area contributed by atoms with Crippen molar-refractivity contribution in [3.8, 4) is 0 Å². The summed E-state index contributed by atoms with van der Waals surface area (Å²) < 4.78 is 32.5. The molecule has 1 unspecified atom stereocenters. The molecule has 0 aliphatic rings. The molecule has 9 heteroatoms. The molecule has 0 aromatic heterocycles. The summed E-state index contributed by atoms with van der Waals surface area (Å²) in [5.41, 5.74) is 0.687. The zero-order valence-electron chi connectivity index (χ0n) is 11.3. The van der Waals surface area contributed by atoms with Gasteiger partial charge in [0.25, 0.3) is 0 Å². The maximum absolute atomic E-state index is 10.8. The number of aliphatic hydroxyl groups is 1. The molecular formula is C13H8Cl3NaO4S. The topological polar surface area (TPSA) is 77.4 Å². The normalized spacial score (nSPS) is 12.6. The Morgan fingerprint density at radius 1 is 0.955 bits per heavy atom. The molecule has 4 nitrogen and oxygen atoms in total. The molecule has 2 aromatic rings. The van der Waals surface area contributed by atoms with Crippen molar-refractivity contribution in [2.75, 3.05) is 0 Å². The van der Waals surface area contributed by atoms with Crippen LogP contribution in [0.2, 0.25) is 15.1 Å². The smallest absolute Gasteiger partial charge is 0.744 e. The SMILES string of the molecule is O=S(=O)([O-])c1ccc(C(O)c2cc(Cl)c(Cl)cc2Cl)cc1.[Na+]. The molecule has 0 heterocycles. The Morgan fingerprint density at radius 3 is 1.95 bits per heavy atom. The van der Waals surface area contributed by atoms with Crippen molar-refractivity contribution >= 4 is 44.9 Å². The molecule has 0 aliphatic heterocycles. The Bertz CT molecular complexity index is 779. The number of benzene rings is 2. The predicted octanol–water partition coefficient (Wildman–Crippen LogP) is 0.637. The van der Waals surface area contributed by atoms with Crippen LogP contribution in [-0.4, -0.2) is 18.1 Å². The van der Waals surface area contributed by atoms with Gasteiger partial charge in [-0.3, -0.25) is 0 Å². The van der Waals surface area contributed by atoms with Gasteiger partial charge in [-0.05, 0) is 29.8 Å². The molecule has 0 saturated carbocycles. The van der Waals surface area contributed by atoms with Crippen molar-refractivity contribution < 1.29 is 47.6 Å². The summed E-state index contributed by atoms with van der Waals surface area (Å²) in [6.07, 6.45) is -1.13. The van der Waals surface area contributed by atoms with E-state index in [9.17, 15) is 18.1 Å². The van der Waals surface area contributed by atoms with Crippen molar-refractivity contribution in [3.05, 3.63) is 62.6 Å². The fraction of sp³-hybridized carbons (Fsp3) is 0.0769. The Hall–Kier alpha value is 0.180. The summed E-state index contributed by atoms with van der Waals surface area (Å²) in [4.78, 5) is -0.376. The molecule has 1 N–H and O–H groups in total. The molecular weight excluding hydrogens is 382 g/mol. The fourth-order valence-electron chi connectivity index (χ4n) is 1.74. The first-order valence-corrected chi connectivity index (χ1v) is 8.12. The van der Waals surface area contributed by atoms with E-state index in [4.69, 9.17) is 34.8 Å². The average Bonchev–Trinajstić information content (AvgIpc) is 2.41. The van der Waals surface area contributed by atoms with Crippen LogP contribution in [-0.2, 0) is 10.1 Å². The number of halogens is 3. The van der Waals surface area contributed by atoms with Gasteiger partial charge in [-0.1, -0.05) is 46.9 Å². The fourth-order valence-corrected chi connectivity index (χ4v) is 2.87. The van der Waals surface area contributed by atoms with E-state index < -0.39 is 16.2 Å². The van der Waals surface area contributed by atoms with E-state index in [-0.39, 0.29) is 49.5 Å². The summed E-state index contributed by atoms with van der Waals surface area (Å²) in [6, 6.07) is 7.72. The van der Waals surface area contributed by atoms with Gasteiger partial charge in [0, 0.05) is 10.6 Å². The van der Waals surface area contributed by atoms with Crippen LogP contribution in [0, 0.1) is 0 Å². The van der Waals surface area contributed by atoms with E-state index in [1.807, 2.05) is 0 Å². The second-order valence-electron chi connectivity index (χ2n) is 4.21. The summed E-state index contributed by atoms with van der Waals surface area (Å²) in [5, 5.41) is 11.0. The Labute approximate surface area is 165 Å². The van der Waals surface area contributed by atoms with Gasteiger partial charge in [0.05, 0.1) is 14.9 Å². The molecule has 0 bridgehead atoms. The van der Waals surface area contributed by atoms with E-state index in [2.05, 4.69) is 0 Å². The van der Waals surface area contributed by atoms with Gasteiger partial charge < -0.3 is 9.66 Å². The van der Waals surface area contributed by atoms with Gasteiger partial charge in [-0.15, -0.1) is 0 Å². The van der Waals surface area contributed by atoms with Crippen LogP contribution in [0.3, 0.4) is 0 Å². The van der Waals surface area contributed by atoms with Crippen LogP contribution in [0.1, 0.15) is 17.2 Å². The molecule has 0 fully saturated rings. The van der Waals surface area contributed by atoms with Crippen LogP contribution in [0.25, 0.3) is 0 Å². The minimum atomic E-state index is -4.53. The predicted molar refractivity (Wildman–Crippen MR) is 79.9 cm³/mol. The second-order valence-corrected chi connectivity index (χ2v) is 6.81. The standard InChI is InChI=1S/C13H9Cl3O4S.Na/c14-10-6-12(16)11(15)5-9(10)13(17)7-1-3-8(4-2-7)21(18,19)20;/h1-6,13,17H,(H,18,19,20);/q;+1/p-1. The van der Waals surface area contributed by atoms with Gasteiger partial charge in [-0.2, -0.15) is 0 Å². The Kier molecular flexibility index (Phi) is 7.20. The van der Waals surface area contributed by atoms with E-state index in [1.54, 1.807) is 0 Å². The first-order chi connectivity index (χ1) is 9.70. The largest absolute Gasteiger partial charge is 1.00 e. The van der Waals surface area contributed by atoms with Crippen molar-refractivity contribution in [2.24, 2.45) is 0 Å². The van der Waals surface area contributed by atoms with Crippen molar-refractivity contribution in [1.29, 1.82) is 0 Å². The van der Waals surface area contributed by atoms with E-state index in [0.717, 1.165) is 12.1 Å². The maximum Gasteiger partial charge on any atom is 1.00 e. The van der Waals surface area contributed by atoms with Crippen LogP contribution < -0.4 is 29.6 Å². The zero-order valence-corrected chi connectivity index (χ0v) is 16.3. The maximum atomic E-state index is 10.8. The third-order valence-corrected chi connectivity index (χ3v) is 4.72. The first-order valence-electron chi connectivity index (χ1n) is 5.58. The zero-order chi connectivity index (χ0) is 15.8. The van der Waals surface area contributed by atoms with E-state index >= 15 is 0 Å². The summed E-state index contributed by atoms with van der Waals surface area (Å²) >= 11 is 17.7. The molecule has 0 saturated heterocycles. The molecule has 0 radical (unpaired) electrons. The number of rotatable bonds is 3. The summed E-state index contributed by atoms with van der Waals surface area (Å²) in [5.74, 6) is 0. The van der Waals surface area contributed by atoms with Gasteiger partial charge >= 0.3 is 29.6 Å². The minimum Gasteiger partial charge on any atom is -0.744 e. The second kappa shape index (κ2) is 7.83. The number of hydrogen-bond donors (Lipinski definition) is 1. The van der Waals surface area contributed by atoms with Crippen molar-refractivity contribution in [3.63, 3.8) is 0 Å². The van der Waals surface area contributed by atoms with Gasteiger partial charge in [-0.25, -0.2) is 8.42 Å². The van der Waals surface area contributed by atoms with Gasteiger partial charge in [0.1, 0.15) is 16.2 Å². The molecule has 0 spiro atoms. The van der Waals surface area contributed by atoms with Crippen molar-refractivity contribution in [1.82, 2.24) is 0 Å². The van der Waals surface area contributed by atoms with E-state index in [1.165, 1.54) is 24.3 Å². The van der Waals surface area contributed by atoms with Gasteiger partial charge in [0.15, 0.2) is 0 Å². The molecule has 2 aromatic carbocycles. The third-order valence-electron chi connectivity index (χ3n) is 2.82. The Balaban J connectivity index is 0.00000242. The first kappa shape index (κ1) is 20.2. The monoisotopic (exact) mass is 388 g/mol. The summed E-state index contributed by atoms with van der Waals surface area (Å²) in [7, 11) is -4.53. The van der Waals surface area contributed by atoms with Gasteiger partial charge in [0.2, 0.25) is 0 Å². The molecule has 0 amide bonds. The molecule has 2 rings (SSSR count). The van der Waals surface area contributed by atoms with Crippen LogP contribution in [0.5, 0.6) is 0 Å². The summed E-state index contributed by atoms with van der Waals surface area (Å²) in [6.45, 7) is 0. The third kappa shape index (κ3) is 4.60.